The molecule has 1 rings (SSSR count). The third kappa shape index (κ3) is 4.30. The van der Waals surface area contributed by atoms with E-state index in [-0.39, 0.29) is 0 Å². The van der Waals surface area contributed by atoms with Crippen molar-refractivity contribution in [2.75, 3.05) is 6.61 Å². The van der Waals surface area contributed by atoms with E-state index in [1.807, 2.05) is 30.4 Å². The molecular weight excluding hydrogens is 200 g/mol. The summed E-state index contributed by atoms with van der Waals surface area (Å²) in [6.07, 6.45) is 7.09. The van der Waals surface area contributed by atoms with Crippen LogP contribution in [0.3, 0.4) is 0 Å². The standard InChI is InChI=1S/C14H18O2/c1-2-12-16-14-10-6-5-9-13(14)8-4-3-7-11-15/h3-6,9-11H,2,7-8,12H2,1H3/b4-3+. The topological polar surface area (TPSA) is 26.3 Å². The van der Waals surface area contributed by atoms with Crippen molar-refractivity contribution < 1.29 is 9.53 Å². The van der Waals surface area contributed by atoms with Crippen LogP contribution in [0.1, 0.15) is 25.3 Å². The number of hydrogen-bond donors (Lipinski definition) is 0. The Morgan fingerprint density at radius 3 is 2.81 bits per heavy atom. The highest BCUT2D eigenvalue weighted by Crippen LogP contribution is 2.18. The SMILES string of the molecule is CCCOc1ccccc1C/C=C/CC=O. The van der Waals surface area contributed by atoms with Crippen molar-refractivity contribution in [2.24, 2.45) is 0 Å². The monoisotopic (exact) mass is 218 g/mol. The number of ether oxygens (including phenoxy) is 1. The normalized spacial score (nSPS) is 10.6. The molecule has 0 radical (unpaired) electrons. The largest absolute Gasteiger partial charge is 0.493 e. The van der Waals surface area contributed by atoms with Gasteiger partial charge in [0.2, 0.25) is 0 Å². The Morgan fingerprint density at radius 1 is 1.25 bits per heavy atom. The van der Waals surface area contributed by atoms with E-state index in [1.54, 1.807) is 0 Å². The summed E-state index contributed by atoms with van der Waals surface area (Å²) in [5, 5.41) is 0. The van der Waals surface area contributed by atoms with Crippen LogP contribution < -0.4 is 4.74 Å². The van der Waals surface area contributed by atoms with Crippen LogP contribution in [0, 0.1) is 0 Å². The first-order chi connectivity index (χ1) is 7.88. The first kappa shape index (κ1) is 12.5. The first-order valence-corrected chi connectivity index (χ1v) is 5.67. The molecule has 2 nitrogen and oxygen atoms in total. The summed E-state index contributed by atoms with van der Waals surface area (Å²) in [6.45, 7) is 2.83. The summed E-state index contributed by atoms with van der Waals surface area (Å²) in [5.41, 5.74) is 1.16. The van der Waals surface area contributed by atoms with E-state index in [2.05, 4.69) is 13.0 Å². The molecule has 86 valence electrons. The summed E-state index contributed by atoms with van der Waals surface area (Å²) in [4.78, 5) is 10.1. The Bertz CT molecular complexity index is 342. The minimum atomic E-state index is 0.484. The van der Waals surface area contributed by atoms with Crippen molar-refractivity contribution in [2.45, 2.75) is 26.2 Å². The van der Waals surface area contributed by atoms with Gasteiger partial charge >= 0.3 is 0 Å². The van der Waals surface area contributed by atoms with Crippen LogP contribution >= 0.6 is 0 Å². The molecule has 0 aromatic heterocycles. The lowest BCUT2D eigenvalue weighted by molar-refractivity contribution is -0.107. The molecule has 0 N–H and O–H groups in total. The predicted molar refractivity (Wildman–Crippen MR) is 65.8 cm³/mol. The fourth-order valence-electron chi connectivity index (χ4n) is 1.39. The molecule has 0 aliphatic heterocycles. The number of aldehydes is 1. The molecule has 0 spiro atoms. The van der Waals surface area contributed by atoms with Crippen molar-refractivity contribution >= 4 is 6.29 Å². The van der Waals surface area contributed by atoms with Crippen molar-refractivity contribution in [1.82, 2.24) is 0 Å². The molecule has 2 heteroatoms. The molecule has 0 fully saturated rings. The van der Waals surface area contributed by atoms with Gasteiger partial charge in [-0.25, -0.2) is 0 Å². The van der Waals surface area contributed by atoms with Gasteiger partial charge in [0.25, 0.3) is 0 Å². The minimum Gasteiger partial charge on any atom is -0.493 e. The zero-order valence-electron chi connectivity index (χ0n) is 9.69. The number of benzene rings is 1. The molecule has 0 heterocycles. The molecule has 0 atom stereocenters. The van der Waals surface area contributed by atoms with E-state index in [0.29, 0.717) is 6.42 Å². The van der Waals surface area contributed by atoms with Gasteiger partial charge in [0.05, 0.1) is 6.61 Å². The number of para-hydroxylation sites is 1. The zero-order chi connectivity index (χ0) is 11.6. The van der Waals surface area contributed by atoms with Crippen LogP contribution in [0.5, 0.6) is 5.75 Å². The minimum absolute atomic E-state index is 0.484. The second kappa shape index (κ2) is 7.69. The average Bonchev–Trinajstić information content (AvgIpc) is 2.33. The average molecular weight is 218 g/mol. The lowest BCUT2D eigenvalue weighted by Gasteiger charge is -2.08. The molecule has 0 aliphatic carbocycles. The third-order valence-electron chi connectivity index (χ3n) is 2.17. The summed E-state index contributed by atoms with van der Waals surface area (Å²) >= 11 is 0. The van der Waals surface area contributed by atoms with Crippen molar-refractivity contribution in [3.63, 3.8) is 0 Å². The van der Waals surface area contributed by atoms with Crippen LogP contribution in [0.25, 0.3) is 0 Å². The fourth-order valence-corrected chi connectivity index (χ4v) is 1.39. The molecule has 16 heavy (non-hydrogen) atoms. The van der Waals surface area contributed by atoms with Crippen LogP contribution in [0.4, 0.5) is 0 Å². The number of allylic oxidation sites excluding steroid dienone is 2. The fraction of sp³-hybridized carbons (Fsp3) is 0.357. The lowest BCUT2D eigenvalue weighted by atomic mass is 10.1. The van der Waals surface area contributed by atoms with Gasteiger partial charge in [-0.1, -0.05) is 37.3 Å². The Balaban J connectivity index is 2.59. The van der Waals surface area contributed by atoms with E-state index in [1.165, 1.54) is 0 Å². The molecule has 0 aliphatic rings. The Hall–Kier alpha value is -1.57. The van der Waals surface area contributed by atoms with Gasteiger partial charge in [-0.05, 0) is 24.5 Å². The maximum Gasteiger partial charge on any atom is 0.123 e. The van der Waals surface area contributed by atoms with E-state index in [0.717, 1.165) is 37.0 Å². The second-order valence-corrected chi connectivity index (χ2v) is 3.53. The molecule has 0 saturated heterocycles. The van der Waals surface area contributed by atoms with Crippen LogP contribution in [-0.4, -0.2) is 12.9 Å². The van der Waals surface area contributed by atoms with Crippen molar-refractivity contribution in [3.8, 4) is 5.75 Å². The van der Waals surface area contributed by atoms with E-state index < -0.39 is 0 Å². The molecule has 0 unspecified atom stereocenters. The highest BCUT2D eigenvalue weighted by Gasteiger charge is 1.99. The molecule has 0 saturated carbocycles. The summed E-state index contributed by atoms with van der Waals surface area (Å²) in [7, 11) is 0. The van der Waals surface area contributed by atoms with E-state index in [9.17, 15) is 4.79 Å². The number of carbonyl (C=O) groups is 1. The molecule has 0 amide bonds. The highest BCUT2D eigenvalue weighted by atomic mass is 16.5. The van der Waals surface area contributed by atoms with Gasteiger partial charge in [0, 0.05) is 6.42 Å². The smallest absolute Gasteiger partial charge is 0.123 e. The van der Waals surface area contributed by atoms with Gasteiger partial charge in [-0.2, -0.15) is 0 Å². The maximum atomic E-state index is 10.1. The number of carbonyl (C=O) groups excluding carboxylic acids is 1. The molecule has 0 bridgehead atoms. The Morgan fingerprint density at radius 2 is 2.06 bits per heavy atom. The molecule has 1 aromatic rings. The summed E-state index contributed by atoms with van der Waals surface area (Å²) in [5.74, 6) is 0.945. The third-order valence-corrected chi connectivity index (χ3v) is 2.17. The van der Waals surface area contributed by atoms with Gasteiger partial charge in [0.1, 0.15) is 12.0 Å². The summed E-state index contributed by atoms with van der Waals surface area (Å²) < 4.78 is 5.64. The van der Waals surface area contributed by atoms with Crippen molar-refractivity contribution in [3.05, 3.63) is 42.0 Å². The summed E-state index contributed by atoms with van der Waals surface area (Å²) in [6, 6.07) is 8.01. The molecular formula is C14H18O2. The maximum absolute atomic E-state index is 10.1. The first-order valence-electron chi connectivity index (χ1n) is 5.67. The van der Waals surface area contributed by atoms with Gasteiger partial charge in [0.15, 0.2) is 0 Å². The van der Waals surface area contributed by atoms with Gasteiger partial charge in [-0.15, -0.1) is 0 Å². The quantitative estimate of drug-likeness (QED) is 0.519. The van der Waals surface area contributed by atoms with E-state index >= 15 is 0 Å². The number of hydrogen-bond acceptors (Lipinski definition) is 2. The zero-order valence-corrected chi connectivity index (χ0v) is 9.69. The number of rotatable bonds is 7. The van der Waals surface area contributed by atoms with E-state index in [4.69, 9.17) is 4.74 Å². The van der Waals surface area contributed by atoms with Crippen molar-refractivity contribution in [1.29, 1.82) is 0 Å². The van der Waals surface area contributed by atoms with Crippen LogP contribution in [-0.2, 0) is 11.2 Å². The Kier molecular flexibility index (Phi) is 6.00. The van der Waals surface area contributed by atoms with Crippen LogP contribution in [0.15, 0.2) is 36.4 Å². The second-order valence-electron chi connectivity index (χ2n) is 3.53. The van der Waals surface area contributed by atoms with Gasteiger partial charge in [-0.3, -0.25) is 0 Å². The Labute approximate surface area is 96.9 Å². The molecule has 1 aromatic carbocycles. The lowest BCUT2D eigenvalue weighted by Crippen LogP contribution is -1.98. The van der Waals surface area contributed by atoms with Gasteiger partial charge < -0.3 is 9.53 Å². The predicted octanol–water partition coefficient (Wildman–Crippen LogP) is 3.16. The highest BCUT2D eigenvalue weighted by molar-refractivity contribution is 5.51. The van der Waals surface area contributed by atoms with Crippen LogP contribution in [0.2, 0.25) is 0 Å².